The van der Waals surface area contributed by atoms with Gasteiger partial charge in [0.15, 0.2) is 11.5 Å². The lowest BCUT2D eigenvalue weighted by Gasteiger charge is -2.31. The van der Waals surface area contributed by atoms with E-state index in [1.165, 1.54) is 0 Å². The summed E-state index contributed by atoms with van der Waals surface area (Å²) in [5.74, 6) is 2.11. The maximum absolute atomic E-state index is 12.4. The van der Waals surface area contributed by atoms with E-state index in [0.717, 1.165) is 24.2 Å². The minimum atomic E-state index is 0.0129. The molecule has 2 aliphatic rings. The summed E-state index contributed by atoms with van der Waals surface area (Å²) in [5.41, 5.74) is 0.913. The van der Waals surface area contributed by atoms with Gasteiger partial charge in [0.2, 0.25) is 18.6 Å². The maximum atomic E-state index is 12.4. The van der Waals surface area contributed by atoms with Gasteiger partial charge in [0, 0.05) is 44.3 Å². The third-order valence-electron chi connectivity index (χ3n) is 4.49. The van der Waals surface area contributed by atoms with E-state index < -0.39 is 0 Å². The highest BCUT2D eigenvalue weighted by molar-refractivity contribution is 5.92. The molecule has 2 aromatic rings. The van der Waals surface area contributed by atoms with Crippen LogP contribution in [-0.2, 0) is 4.79 Å². The van der Waals surface area contributed by atoms with Gasteiger partial charge in [-0.05, 0) is 29.8 Å². The molecule has 1 aromatic carbocycles. The Hall–Kier alpha value is -3.02. The van der Waals surface area contributed by atoms with Crippen molar-refractivity contribution < 1.29 is 19.0 Å². The fourth-order valence-corrected chi connectivity index (χ4v) is 3.07. The van der Waals surface area contributed by atoms with Crippen LogP contribution in [0.2, 0.25) is 0 Å². The number of hydrogen-bond acceptors (Lipinski definition) is 5. The van der Waals surface area contributed by atoms with Crippen LogP contribution in [0.1, 0.15) is 18.4 Å². The van der Waals surface area contributed by atoms with Gasteiger partial charge >= 0.3 is 0 Å². The highest BCUT2D eigenvalue weighted by atomic mass is 16.7. The molecule has 0 aliphatic carbocycles. The Morgan fingerprint density at radius 3 is 2.81 bits per heavy atom. The molecule has 0 saturated carbocycles. The summed E-state index contributed by atoms with van der Waals surface area (Å²) in [5, 5.41) is 0. The number of benzene rings is 1. The Kier molecular flexibility index (Phi) is 4.73. The predicted molar refractivity (Wildman–Crippen MR) is 96.1 cm³/mol. The van der Waals surface area contributed by atoms with Gasteiger partial charge < -0.3 is 19.1 Å². The average molecular weight is 352 g/mol. The second kappa shape index (κ2) is 7.47. The first kappa shape index (κ1) is 16.4. The minimum Gasteiger partial charge on any atom is -0.474 e. The van der Waals surface area contributed by atoms with Crippen LogP contribution in [0.4, 0.5) is 0 Å². The Labute approximate surface area is 152 Å². The number of amides is 1. The molecule has 6 nitrogen and oxygen atoms in total. The molecular weight excluding hydrogens is 332 g/mol. The Balaban J connectivity index is 1.29. The molecule has 0 atom stereocenters. The van der Waals surface area contributed by atoms with Crippen molar-refractivity contribution in [2.75, 3.05) is 19.9 Å². The molecule has 0 spiro atoms. The fraction of sp³-hybridized carbons (Fsp3) is 0.300. The zero-order chi connectivity index (χ0) is 17.8. The molecule has 1 aromatic heterocycles. The van der Waals surface area contributed by atoms with E-state index in [0.29, 0.717) is 24.7 Å². The van der Waals surface area contributed by atoms with E-state index in [4.69, 9.17) is 14.2 Å². The third kappa shape index (κ3) is 3.79. The highest BCUT2D eigenvalue weighted by Gasteiger charge is 2.23. The number of aromatic nitrogens is 1. The highest BCUT2D eigenvalue weighted by Crippen LogP contribution is 2.32. The quantitative estimate of drug-likeness (QED) is 0.792. The van der Waals surface area contributed by atoms with E-state index in [1.807, 2.05) is 41.3 Å². The summed E-state index contributed by atoms with van der Waals surface area (Å²) in [6, 6.07) is 11.3. The molecule has 0 unspecified atom stereocenters. The van der Waals surface area contributed by atoms with Gasteiger partial charge in [-0.25, -0.2) is 4.98 Å². The van der Waals surface area contributed by atoms with Crippen LogP contribution < -0.4 is 14.2 Å². The number of carbonyl (C=O) groups is 1. The number of pyridine rings is 1. The second-order valence-electron chi connectivity index (χ2n) is 6.26. The van der Waals surface area contributed by atoms with Crippen molar-refractivity contribution in [3.63, 3.8) is 0 Å². The number of hydrogen-bond donors (Lipinski definition) is 0. The molecule has 26 heavy (non-hydrogen) atoms. The smallest absolute Gasteiger partial charge is 0.246 e. The minimum absolute atomic E-state index is 0.0129. The number of fused-ring (bicyclic) bond motifs is 1. The van der Waals surface area contributed by atoms with Gasteiger partial charge in [0.1, 0.15) is 6.10 Å². The number of ether oxygens (including phenoxy) is 3. The van der Waals surface area contributed by atoms with E-state index >= 15 is 0 Å². The van der Waals surface area contributed by atoms with Crippen molar-refractivity contribution in [2.24, 2.45) is 0 Å². The predicted octanol–water partition coefficient (Wildman–Crippen LogP) is 2.89. The van der Waals surface area contributed by atoms with Crippen LogP contribution in [0.15, 0.2) is 48.7 Å². The molecule has 4 rings (SSSR count). The zero-order valence-corrected chi connectivity index (χ0v) is 14.3. The number of rotatable bonds is 4. The number of carbonyl (C=O) groups excluding carboxylic acids is 1. The van der Waals surface area contributed by atoms with Gasteiger partial charge in [0.05, 0.1) is 0 Å². The van der Waals surface area contributed by atoms with Crippen molar-refractivity contribution in [1.29, 1.82) is 0 Å². The second-order valence-corrected chi connectivity index (χ2v) is 6.26. The molecule has 1 fully saturated rings. The van der Waals surface area contributed by atoms with Gasteiger partial charge in [-0.3, -0.25) is 4.79 Å². The molecular formula is C20H20N2O4. The van der Waals surface area contributed by atoms with E-state index in [-0.39, 0.29) is 18.8 Å². The summed E-state index contributed by atoms with van der Waals surface area (Å²) >= 11 is 0. The summed E-state index contributed by atoms with van der Waals surface area (Å²) in [6.45, 7) is 1.61. The van der Waals surface area contributed by atoms with Crippen molar-refractivity contribution >= 4 is 12.0 Å². The first-order chi connectivity index (χ1) is 12.8. The zero-order valence-electron chi connectivity index (χ0n) is 14.3. The van der Waals surface area contributed by atoms with Crippen LogP contribution in [0.3, 0.4) is 0 Å². The molecule has 0 radical (unpaired) electrons. The molecule has 3 heterocycles. The molecule has 0 bridgehead atoms. The van der Waals surface area contributed by atoms with Gasteiger partial charge in [-0.2, -0.15) is 0 Å². The summed E-state index contributed by atoms with van der Waals surface area (Å²) in [6.07, 6.45) is 6.85. The van der Waals surface area contributed by atoms with Gasteiger partial charge in [0.25, 0.3) is 0 Å². The average Bonchev–Trinajstić information content (AvgIpc) is 3.15. The normalized spacial score (nSPS) is 16.8. The molecule has 6 heteroatoms. The monoisotopic (exact) mass is 352 g/mol. The summed E-state index contributed by atoms with van der Waals surface area (Å²) in [4.78, 5) is 18.4. The largest absolute Gasteiger partial charge is 0.474 e. The first-order valence-electron chi connectivity index (χ1n) is 8.72. The maximum Gasteiger partial charge on any atom is 0.246 e. The lowest BCUT2D eigenvalue weighted by atomic mass is 10.1. The lowest BCUT2D eigenvalue weighted by Crippen LogP contribution is -2.41. The van der Waals surface area contributed by atoms with Crippen LogP contribution in [0.5, 0.6) is 17.4 Å². The van der Waals surface area contributed by atoms with Crippen LogP contribution in [0.25, 0.3) is 6.08 Å². The first-order valence-corrected chi connectivity index (χ1v) is 8.72. The van der Waals surface area contributed by atoms with E-state index in [2.05, 4.69) is 4.98 Å². The van der Waals surface area contributed by atoms with Crippen LogP contribution in [0, 0.1) is 0 Å². The number of likely N-dealkylation sites (tertiary alicyclic amines) is 1. The number of piperidine rings is 1. The molecule has 1 amide bonds. The van der Waals surface area contributed by atoms with Crippen molar-refractivity contribution in [3.05, 3.63) is 54.2 Å². The van der Waals surface area contributed by atoms with Gasteiger partial charge in [-0.15, -0.1) is 0 Å². The lowest BCUT2D eigenvalue weighted by molar-refractivity contribution is -0.127. The van der Waals surface area contributed by atoms with Crippen molar-refractivity contribution in [1.82, 2.24) is 9.88 Å². The van der Waals surface area contributed by atoms with E-state index in [9.17, 15) is 4.79 Å². The summed E-state index contributed by atoms with van der Waals surface area (Å²) < 4.78 is 16.5. The van der Waals surface area contributed by atoms with Crippen LogP contribution in [-0.4, -0.2) is 41.8 Å². The molecule has 1 saturated heterocycles. The summed E-state index contributed by atoms with van der Waals surface area (Å²) in [7, 11) is 0. The topological polar surface area (TPSA) is 60.9 Å². The fourth-order valence-electron chi connectivity index (χ4n) is 3.07. The van der Waals surface area contributed by atoms with Crippen molar-refractivity contribution in [3.8, 4) is 17.4 Å². The van der Waals surface area contributed by atoms with Crippen LogP contribution >= 0.6 is 0 Å². The molecule has 134 valence electrons. The Morgan fingerprint density at radius 1 is 1.15 bits per heavy atom. The van der Waals surface area contributed by atoms with E-state index in [1.54, 1.807) is 18.3 Å². The van der Waals surface area contributed by atoms with Gasteiger partial charge in [-0.1, -0.05) is 12.1 Å². The SMILES string of the molecule is O=C(C=Cc1ccc2c(c1)OCO2)N1CCC(Oc2ccccn2)CC1. The molecule has 0 N–H and O–H groups in total. The third-order valence-corrected chi connectivity index (χ3v) is 4.49. The number of nitrogens with zero attached hydrogens (tertiary/aromatic N) is 2. The standard InChI is InChI=1S/C20H20N2O4/c23-20(7-5-15-4-6-17-18(13-15)25-14-24-17)22-11-8-16(9-12-22)26-19-3-1-2-10-21-19/h1-7,10,13,16H,8-9,11-12,14H2. The molecule has 2 aliphatic heterocycles. The Morgan fingerprint density at radius 2 is 2.00 bits per heavy atom. The van der Waals surface area contributed by atoms with Crippen molar-refractivity contribution in [2.45, 2.75) is 18.9 Å². The Bertz CT molecular complexity index is 799.